The molecular formula is C17H27NOS. The fourth-order valence-electron chi connectivity index (χ4n) is 2.66. The second-order valence-corrected chi connectivity index (χ2v) is 6.71. The number of rotatable bonds is 7. The van der Waals surface area contributed by atoms with Crippen molar-refractivity contribution in [1.82, 2.24) is 5.32 Å². The van der Waals surface area contributed by atoms with Gasteiger partial charge in [-0.25, -0.2) is 0 Å². The minimum Gasteiger partial charge on any atom is -0.377 e. The summed E-state index contributed by atoms with van der Waals surface area (Å²) in [4.78, 5) is 0. The molecule has 1 aromatic carbocycles. The maximum atomic E-state index is 5.65. The highest BCUT2D eigenvalue weighted by Gasteiger charge is 2.25. The largest absolute Gasteiger partial charge is 0.377 e. The first-order valence-electron chi connectivity index (χ1n) is 7.80. The molecule has 1 heterocycles. The van der Waals surface area contributed by atoms with E-state index < -0.39 is 0 Å². The van der Waals surface area contributed by atoms with Crippen LogP contribution in [0, 0.1) is 0 Å². The molecule has 2 rings (SSSR count). The van der Waals surface area contributed by atoms with E-state index in [1.165, 1.54) is 17.5 Å². The lowest BCUT2D eigenvalue weighted by Gasteiger charge is -2.21. The molecule has 0 saturated carbocycles. The maximum absolute atomic E-state index is 5.65. The number of ether oxygens (including phenoxy) is 1. The van der Waals surface area contributed by atoms with Gasteiger partial charge in [-0.3, -0.25) is 0 Å². The Labute approximate surface area is 127 Å². The Morgan fingerprint density at radius 2 is 2.05 bits per heavy atom. The Morgan fingerprint density at radius 3 is 2.60 bits per heavy atom. The van der Waals surface area contributed by atoms with Crippen LogP contribution in [0.5, 0.6) is 0 Å². The van der Waals surface area contributed by atoms with Gasteiger partial charge in [0.2, 0.25) is 0 Å². The summed E-state index contributed by atoms with van der Waals surface area (Å²) in [5.74, 6) is 1.12. The third-order valence-corrected chi connectivity index (χ3v) is 5.60. The molecule has 3 heteroatoms. The van der Waals surface area contributed by atoms with Gasteiger partial charge in [0.05, 0.1) is 6.10 Å². The van der Waals surface area contributed by atoms with Gasteiger partial charge in [-0.1, -0.05) is 38.1 Å². The summed E-state index contributed by atoms with van der Waals surface area (Å²) in [6, 6.07) is 9.52. The summed E-state index contributed by atoms with van der Waals surface area (Å²) in [6.45, 7) is 8.52. The van der Waals surface area contributed by atoms with E-state index in [0.717, 1.165) is 25.3 Å². The number of hydrogen-bond acceptors (Lipinski definition) is 3. The molecule has 3 unspecified atom stereocenters. The number of nitrogens with one attached hydrogen (secondary N) is 1. The molecule has 20 heavy (non-hydrogen) atoms. The minimum absolute atomic E-state index is 0.407. The average molecular weight is 293 g/mol. The van der Waals surface area contributed by atoms with E-state index in [2.05, 4.69) is 62.1 Å². The first kappa shape index (κ1) is 15.9. The van der Waals surface area contributed by atoms with Crippen LogP contribution in [-0.2, 0) is 11.2 Å². The predicted octanol–water partition coefficient (Wildman–Crippen LogP) is 3.81. The van der Waals surface area contributed by atoms with Gasteiger partial charge in [0, 0.05) is 23.7 Å². The monoisotopic (exact) mass is 293 g/mol. The summed E-state index contributed by atoms with van der Waals surface area (Å²) < 4.78 is 5.65. The summed E-state index contributed by atoms with van der Waals surface area (Å²) in [5.41, 5.74) is 2.82. The van der Waals surface area contributed by atoms with Gasteiger partial charge in [0.1, 0.15) is 0 Å². The van der Waals surface area contributed by atoms with Crippen LogP contribution in [0.25, 0.3) is 0 Å². The highest BCUT2D eigenvalue weighted by atomic mass is 32.2. The van der Waals surface area contributed by atoms with Crippen LogP contribution in [0.4, 0.5) is 0 Å². The van der Waals surface area contributed by atoms with Crippen molar-refractivity contribution in [2.45, 2.75) is 51.0 Å². The van der Waals surface area contributed by atoms with Crippen molar-refractivity contribution < 1.29 is 4.74 Å². The van der Waals surface area contributed by atoms with Gasteiger partial charge in [-0.2, -0.15) is 11.8 Å². The second kappa shape index (κ2) is 8.06. The van der Waals surface area contributed by atoms with Crippen molar-refractivity contribution in [2.24, 2.45) is 0 Å². The third-order valence-electron chi connectivity index (χ3n) is 4.02. The van der Waals surface area contributed by atoms with Crippen LogP contribution >= 0.6 is 11.8 Å². The summed E-state index contributed by atoms with van der Waals surface area (Å²) in [7, 11) is 0. The SMILES string of the molecule is CCNC(CSC1CCOC1C)c1ccc(CC)cc1. The molecule has 3 atom stereocenters. The Morgan fingerprint density at radius 1 is 1.30 bits per heavy atom. The van der Waals surface area contributed by atoms with E-state index in [0.29, 0.717) is 17.4 Å². The number of aryl methyl sites for hydroxylation is 1. The molecule has 1 saturated heterocycles. The molecule has 1 aromatic rings. The van der Waals surface area contributed by atoms with Gasteiger partial charge in [-0.15, -0.1) is 0 Å². The van der Waals surface area contributed by atoms with Gasteiger partial charge < -0.3 is 10.1 Å². The highest BCUT2D eigenvalue weighted by Crippen LogP contribution is 2.29. The molecule has 0 bridgehead atoms. The van der Waals surface area contributed by atoms with E-state index >= 15 is 0 Å². The van der Waals surface area contributed by atoms with Crippen molar-refractivity contribution in [2.75, 3.05) is 18.9 Å². The van der Waals surface area contributed by atoms with E-state index in [1.54, 1.807) is 0 Å². The first-order chi connectivity index (χ1) is 9.74. The quantitative estimate of drug-likeness (QED) is 0.826. The zero-order chi connectivity index (χ0) is 14.4. The zero-order valence-corrected chi connectivity index (χ0v) is 13.7. The smallest absolute Gasteiger partial charge is 0.0666 e. The third kappa shape index (κ3) is 4.24. The van der Waals surface area contributed by atoms with E-state index in [-0.39, 0.29) is 0 Å². The standard InChI is InChI=1S/C17H27NOS/c1-4-14-6-8-15(9-7-14)16(18-5-2)12-20-17-10-11-19-13(17)3/h6-9,13,16-18H,4-5,10-12H2,1-3H3. The van der Waals surface area contributed by atoms with Crippen LogP contribution in [0.1, 0.15) is 44.4 Å². The van der Waals surface area contributed by atoms with Gasteiger partial charge in [-0.05, 0) is 37.4 Å². The molecule has 0 amide bonds. The van der Waals surface area contributed by atoms with Crippen molar-refractivity contribution >= 4 is 11.8 Å². The summed E-state index contributed by atoms with van der Waals surface area (Å²) >= 11 is 2.06. The van der Waals surface area contributed by atoms with Crippen molar-refractivity contribution in [3.63, 3.8) is 0 Å². The van der Waals surface area contributed by atoms with Crippen LogP contribution < -0.4 is 5.32 Å². The second-order valence-electron chi connectivity index (χ2n) is 5.44. The fraction of sp³-hybridized carbons (Fsp3) is 0.647. The average Bonchev–Trinajstić information content (AvgIpc) is 2.89. The molecule has 0 aromatic heterocycles. The lowest BCUT2D eigenvalue weighted by Crippen LogP contribution is -2.25. The Hall–Kier alpha value is -0.510. The van der Waals surface area contributed by atoms with Crippen LogP contribution in [-0.4, -0.2) is 30.3 Å². The van der Waals surface area contributed by atoms with Crippen molar-refractivity contribution in [3.05, 3.63) is 35.4 Å². The van der Waals surface area contributed by atoms with Gasteiger partial charge in [0.15, 0.2) is 0 Å². The zero-order valence-electron chi connectivity index (χ0n) is 12.9. The molecular weight excluding hydrogens is 266 g/mol. The summed E-state index contributed by atoms with van der Waals surface area (Å²) in [5, 5.41) is 4.27. The van der Waals surface area contributed by atoms with Crippen molar-refractivity contribution in [3.8, 4) is 0 Å². The molecule has 112 valence electrons. The summed E-state index contributed by atoms with van der Waals surface area (Å²) in [6.07, 6.45) is 2.71. The molecule has 0 spiro atoms. The predicted molar refractivity (Wildman–Crippen MR) is 88.5 cm³/mol. The number of thioether (sulfide) groups is 1. The molecule has 1 aliphatic heterocycles. The normalized spacial score (nSPS) is 23.9. The molecule has 1 fully saturated rings. The molecule has 2 nitrogen and oxygen atoms in total. The van der Waals surface area contributed by atoms with Gasteiger partial charge in [0.25, 0.3) is 0 Å². The lowest BCUT2D eigenvalue weighted by molar-refractivity contribution is 0.127. The number of benzene rings is 1. The van der Waals surface area contributed by atoms with E-state index in [9.17, 15) is 0 Å². The topological polar surface area (TPSA) is 21.3 Å². The van der Waals surface area contributed by atoms with E-state index in [4.69, 9.17) is 4.74 Å². The Kier molecular flexibility index (Phi) is 6.40. The fourth-order valence-corrected chi connectivity index (χ4v) is 4.02. The van der Waals surface area contributed by atoms with Crippen molar-refractivity contribution in [1.29, 1.82) is 0 Å². The highest BCUT2D eigenvalue weighted by molar-refractivity contribution is 8.00. The van der Waals surface area contributed by atoms with Crippen LogP contribution in [0.2, 0.25) is 0 Å². The van der Waals surface area contributed by atoms with Gasteiger partial charge >= 0.3 is 0 Å². The lowest BCUT2D eigenvalue weighted by atomic mass is 10.0. The maximum Gasteiger partial charge on any atom is 0.0666 e. The minimum atomic E-state index is 0.407. The molecule has 0 radical (unpaired) electrons. The molecule has 1 aliphatic rings. The first-order valence-corrected chi connectivity index (χ1v) is 8.84. The number of hydrogen-bond donors (Lipinski definition) is 1. The Balaban J connectivity index is 1.94. The van der Waals surface area contributed by atoms with Crippen LogP contribution in [0.3, 0.4) is 0 Å². The molecule has 1 N–H and O–H groups in total. The Bertz CT molecular complexity index is 392. The van der Waals surface area contributed by atoms with Crippen LogP contribution in [0.15, 0.2) is 24.3 Å². The molecule has 0 aliphatic carbocycles. The van der Waals surface area contributed by atoms with E-state index in [1.807, 2.05) is 0 Å².